The van der Waals surface area contributed by atoms with Crippen LogP contribution in [0.1, 0.15) is 16.7 Å². The minimum atomic E-state index is -4.34. The lowest BCUT2D eigenvalue weighted by atomic mass is 10.0. The van der Waals surface area contributed by atoms with Crippen LogP contribution in [-0.2, 0) is 12.8 Å². The number of hydrogen-bond acceptors (Lipinski definition) is 1. The molecule has 3 aromatic rings. The molecule has 3 rings (SSSR count). The van der Waals surface area contributed by atoms with Gasteiger partial charge in [0.1, 0.15) is 35.4 Å². The molecule has 30 heavy (non-hydrogen) atoms. The second-order valence-electron chi connectivity index (χ2n) is 6.37. The van der Waals surface area contributed by atoms with Crippen LogP contribution in [0.5, 0.6) is 5.75 Å². The molecule has 0 N–H and O–H groups in total. The summed E-state index contributed by atoms with van der Waals surface area (Å²) in [7, 11) is 0. The summed E-state index contributed by atoms with van der Waals surface area (Å²) in [5, 5.41) is 0. The lowest BCUT2D eigenvalue weighted by Gasteiger charge is -2.20. The van der Waals surface area contributed by atoms with Crippen LogP contribution in [0.15, 0.2) is 42.5 Å². The Balaban J connectivity index is 1.93. The molecule has 0 heterocycles. The van der Waals surface area contributed by atoms with E-state index in [2.05, 4.69) is 4.74 Å². The van der Waals surface area contributed by atoms with Gasteiger partial charge in [-0.3, -0.25) is 0 Å². The van der Waals surface area contributed by atoms with Crippen LogP contribution < -0.4 is 4.74 Å². The maximum atomic E-state index is 14.4. The summed E-state index contributed by atoms with van der Waals surface area (Å²) in [5.41, 5.74) is -3.08. The SMILES string of the molecule is Cc1ccc(C(F)(F)Oc2ccc(-c3cc(F)c(CF)c(F)c3)c(F)c2)c(F)c1F. The van der Waals surface area contributed by atoms with Gasteiger partial charge in [-0.1, -0.05) is 6.07 Å². The quantitative estimate of drug-likeness (QED) is 0.396. The average Bonchev–Trinajstić information content (AvgIpc) is 2.65. The van der Waals surface area contributed by atoms with E-state index in [0.29, 0.717) is 24.3 Å². The van der Waals surface area contributed by atoms with E-state index in [1.807, 2.05) is 0 Å². The van der Waals surface area contributed by atoms with Crippen molar-refractivity contribution < 1.29 is 39.9 Å². The zero-order chi connectivity index (χ0) is 22.2. The topological polar surface area (TPSA) is 9.23 Å². The zero-order valence-corrected chi connectivity index (χ0v) is 15.2. The monoisotopic (exact) mass is 432 g/mol. The van der Waals surface area contributed by atoms with Gasteiger partial charge in [-0.2, -0.15) is 8.78 Å². The van der Waals surface area contributed by atoms with Crippen LogP contribution in [0.25, 0.3) is 11.1 Å². The third-order valence-corrected chi connectivity index (χ3v) is 4.36. The molecule has 0 aromatic heterocycles. The van der Waals surface area contributed by atoms with E-state index in [1.165, 1.54) is 6.92 Å². The highest BCUT2D eigenvalue weighted by Crippen LogP contribution is 2.36. The molecule has 0 fully saturated rings. The largest absolute Gasteiger partial charge is 0.429 e. The Kier molecular flexibility index (Phi) is 5.74. The average molecular weight is 432 g/mol. The summed E-state index contributed by atoms with van der Waals surface area (Å²) in [6, 6.07) is 5.19. The fraction of sp³-hybridized carbons (Fsp3) is 0.143. The van der Waals surface area contributed by atoms with Gasteiger partial charge >= 0.3 is 6.11 Å². The van der Waals surface area contributed by atoms with E-state index in [1.54, 1.807) is 0 Å². The molecule has 0 radical (unpaired) electrons. The Morgan fingerprint density at radius 1 is 0.800 bits per heavy atom. The summed E-state index contributed by atoms with van der Waals surface area (Å²) in [6.45, 7) is -0.223. The summed E-state index contributed by atoms with van der Waals surface area (Å²) < 4.78 is 115. The molecule has 0 bridgehead atoms. The lowest BCUT2D eigenvalue weighted by molar-refractivity contribution is -0.187. The normalized spacial score (nSPS) is 11.6. The predicted molar refractivity (Wildman–Crippen MR) is 92.2 cm³/mol. The summed E-state index contributed by atoms with van der Waals surface area (Å²) in [5.74, 6) is -7.70. The van der Waals surface area contributed by atoms with Gasteiger partial charge in [-0.15, -0.1) is 0 Å². The minimum absolute atomic E-state index is 0.194. The standard InChI is InChI=1S/C21H12F8O/c1-10-2-5-15(20(27)19(10)26)21(28,29)30-12-3-4-13(18(25)8-12)11-6-16(23)14(9-22)17(24)7-11/h2-8H,9H2,1H3. The zero-order valence-electron chi connectivity index (χ0n) is 15.2. The first-order chi connectivity index (χ1) is 14.0. The van der Waals surface area contributed by atoms with Crippen molar-refractivity contribution in [3.8, 4) is 16.9 Å². The molecule has 0 saturated carbocycles. The molecule has 0 aliphatic carbocycles. The van der Waals surface area contributed by atoms with Crippen LogP contribution >= 0.6 is 0 Å². The number of hydrogen-bond donors (Lipinski definition) is 0. The Labute approximate surface area is 165 Å². The van der Waals surface area contributed by atoms with Crippen molar-refractivity contribution >= 4 is 0 Å². The molecule has 0 saturated heterocycles. The van der Waals surface area contributed by atoms with Crippen molar-refractivity contribution in [1.29, 1.82) is 0 Å². The highest BCUT2D eigenvalue weighted by Gasteiger charge is 2.39. The highest BCUT2D eigenvalue weighted by atomic mass is 19.3. The third kappa shape index (κ3) is 3.96. The third-order valence-electron chi connectivity index (χ3n) is 4.36. The maximum absolute atomic E-state index is 14.4. The molecule has 0 aliphatic rings. The van der Waals surface area contributed by atoms with Crippen LogP contribution in [0.4, 0.5) is 35.1 Å². The molecule has 158 valence electrons. The highest BCUT2D eigenvalue weighted by molar-refractivity contribution is 5.65. The number of halogens is 8. The first-order valence-electron chi connectivity index (χ1n) is 8.41. The van der Waals surface area contributed by atoms with E-state index in [-0.39, 0.29) is 16.7 Å². The first-order valence-corrected chi connectivity index (χ1v) is 8.41. The molecule has 0 unspecified atom stereocenters. The second-order valence-corrected chi connectivity index (χ2v) is 6.37. The van der Waals surface area contributed by atoms with E-state index in [4.69, 9.17) is 0 Å². The number of benzene rings is 3. The van der Waals surface area contributed by atoms with Gasteiger partial charge < -0.3 is 4.74 Å². The maximum Gasteiger partial charge on any atom is 0.429 e. The molecule has 1 nitrogen and oxygen atoms in total. The Morgan fingerprint density at radius 3 is 2.00 bits per heavy atom. The Bertz CT molecular complexity index is 1090. The van der Waals surface area contributed by atoms with Gasteiger partial charge in [0.25, 0.3) is 0 Å². The summed E-state index contributed by atoms with van der Waals surface area (Å²) >= 11 is 0. The predicted octanol–water partition coefficient (Wildman–Crippen LogP) is 6.96. The molecule has 0 atom stereocenters. The van der Waals surface area contributed by atoms with Gasteiger partial charge in [0.15, 0.2) is 11.6 Å². The van der Waals surface area contributed by atoms with Crippen molar-refractivity contribution in [2.75, 3.05) is 0 Å². The van der Waals surface area contributed by atoms with Gasteiger partial charge in [-0.25, -0.2) is 26.3 Å². The van der Waals surface area contributed by atoms with E-state index < -0.39 is 58.7 Å². The van der Waals surface area contributed by atoms with Crippen molar-refractivity contribution in [1.82, 2.24) is 0 Å². The Hall–Kier alpha value is -3.10. The van der Waals surface area contributed by atoms with Gasteiger partial charge in [0, 0.05) is 11.6 Å². The molecular weight excluding hydrogens is 420 g/mol. The van der Waals surface area contributed by atoms with Crippen LogP contribution in [0, 0.1) is 36.0 Å². The van der Waals surface area contributed by atoms with E-state index >= 15 is 0 Å². The van der Waals surface area contributed by atoms with Crippen LogP contribution in [-0.4, -0.2) is 0 Å². The first kappa shape index (κ1) is 21.6. The lowest BCUT2D eigenvalue weighted by Crippen LogP contribution is -2.24. The van der Waals surface area contributed by atoms with E-state index in [9.17, 15) is 35.1 Å². The smallest absolute Gasteiger partial charge is 0.429 e. The van der Waals surface area contributed by atoms with Gasteiger partial charge in [0.2, 0.25) is 0 Å². The molecular formula is C21H12F8O. The summed E-state index contributed by atoms with van der Waals surface area (Å²) in [4.78, 5) is 0. The fourth-order valence-electron chi connectivity index (χ4n) is 2.75. The van der Waals surface area contributed by atoms with Crippen molar-refractivity contribution in [2.45, 2.75) is 19.7 Å². The number of rotatable bonds is 5. The van der Waals surface area contributed by atoms with Crippen molar-refractivity contribution in [3.63, 3.8) is 0 Å². The molecule has 3 aromatic carbocycles. The number of aryl methyl sites for hydroxylation is 1. The molecule has 0 amide bonds. The minimum Gasteiger partial charge on any atom is -0.429 e. The van der Waals surface area contributed by atoms with Gasteiger partial charge in [0.05, 0.1) is 5.56 Å². The number of alkyl halides is 3. The molecule has 0 aliphatic heterocycles. The van der Waals surface area contributed by atoms with Crippen molar-refractivity contribution in [3.05, 3.63) is 88.2 Å². The molecule has 0 spiro atoms. The van der Waals surface area contributed by atoms with Crippen LogP contribution in [0.2, 0.25) is 0 Å². The van der Waals surface area contributed by atoms with Gasteiger partial charge in [-0.05, 0) is 48.4 Å². The number of ether oxygens (including phenoxy) is 1. The van der Waals surface area contributed by atoms with E-state index in [0.717, 1.165) is 18.2 Å². The summed E-state index contributed by atoms with van der Waals surface area (Å²) in [6.07, 6.45) is -4.34. The second kappa shape index (κ2) is 7.97. The fourth-order valence-corrected chi connectivity index (χ4v) is 2.75. The van der Waals surface area contributed by atoms with Crippen molar-refractivity contribution in [2.24, 2.45) is 0 Å². The Morgan fingerprint density at radius 2 is 1.43 bits per heavy atom. The van der Waals surface area contributed by atoms with Crippen LogP contribution in [0.3, 0.4) is 0 Å². The molecule has 9 heteroatoms.